The summed E-state index contributed by atoms with van der Waals surface area (Å²) in [6.45, 7) is 0. The number of benzene rings is 1. The van der Waals surface area contributed by atoms with Crippen LogP contribution in [0.4, 0.5) is 5.69 Å². The maximum atomic E-state index is 8.63. The van der Waals surface area contributed by atoms with Crippen molar-refractivity contribution in [2.45, 2.75) is 0 Å². The molecular formula is C6H2ClN4S+. The van der Waals surface area contributed by atoms with Gasteiger partial charge in [-0.05, 0) is 23.7 Å². The number of fused-ring (bicyclic) bond motifs is 1. The highest BCUT2D eigenvalue weighted by Crippen LogP contribution is 2.34. The Morgan fingerprint density at radius 1 is 1.50 bits per heavy atom. The average molecular weight is 198 g/mol. The summed E-state index contributed by atoms with van der Waals surface area (Å²) in [5.74, 6) is 0. The van der Waals surface area contributed by atoms with Gasteiger partial charge in [0.25, 0.3) is 0 Å². The van der Waals surface area contributed by atoms with E-state index in [-0.39, 0.29) is 0 Å². The first-order valence-electron chi connectivity index (χ1n) is 3.08. The summed E-state index contributed by atoms with van der Waals surface area (Å²) in [5.41, 5.74) is 1.03. The van der Waals surface area contributed by atoms with Gasteiger partial charge in [0.1, 0.15) is 10.5 Å². The van der Waals surface area contributed by atoms with E-state index in [1.165, 1.54) is 0 Å². The summed E-state index contributed by atoms with van der Waals surface area (Å²) >= 11 is 6.91. The number of halogens is 1. The number of nitrogens with zero attached hydrogens (tertiary/aromatic N) is 4. The van der Waals surface area contributed by atoms with E-state index in [0.717, 1.165) is 11.5 Å². The third kappa shape index (κ3) is 0.932. The largest absolute Gasteiger partial charge is 0.424 e. The Kier molecular flexibility index (Phi) is 1.64. The van der Waals surface area contributed by atoms with Crippen LogP contribution in [0, 0.1) is 5.39 Å². The molecule has 58 valence electrons. The van der Waals surface area contributed by atoms with Crippen LogP contribution in [0.3, 0.4) is 0 Å². The van der Waals surface area contributed by atoms with Gasteiger partial charge >= 0.3 is 5.69 Å². The van der Waals surface area contributed by atoms with Crippen molar-refractivity contribution in [1.82, 2.24) is 9.59 Å². The summed E-state index contributed by atoms with van der Waals surface area (Å²) < 4.78 is 4.41. The Bertz CT molecular complexity index is 472. The Balaban J connectivity index is 2.94. The SMILES string of the molecule is N#[N+]c1c(Cl)ccc2nnsc12. The Morgan fingerprint density at radius 3 is 3.08 bits per heavy atom. The molecule has 0 aliphatic carbocycles. The van der Waals surface area contributed by atoms with Gasteiger partial charge in [-0.2, -0.15) is 0 Å². The van der Waals surface area contributed by atoms with Crippen molar-refractivity contribution in [3.8, 4) is 0 Å². The van der Waals surface area contributed by atoms with Gasteiger partial charge in [-0.25, -0.2) is 0 Å². The highest BCUT2D eigenvalue weighted by Gasteiger charge is 2.19. The predicted molar refractivity (Wildman–Crippen MR) is 47.2 cm³/mol. The van der Waals surface area contributed by atoms with Gasteiger partial charge in [0.2, 0.25) is 5.39 Å². The molecule has 0 unspecified atom stereocenters. The lowest BCUT2D eigenvalue weighted by atomic mass is 10.3. The highest BCUT2D eigenvalue weighted by atomic mass is 35.5. The molecule has 0 saturated carbocycles. The molecule has 2 aromatic rings. The van der Waals surface area contributed by atoms with E-state index in [2.05, 4.69) is 14.6 Å². The molecule has 0 spiro atoms. The van der Waals surface area contributed by atoms with Crippen LogP contribution in [0.5, 0.6) is 0 Å². The molecule has 0 atom stereocenters. The summed E-state index contributed by atoms with van der Waals surface area (Å²) in [5, 5.41) is 12.8. The third-order valence-corrected chi connectivity index (χ3v) is 2.50. The van der Waals surface area contributed by atoms with Crippen LogP contribution < -0.4 is 0 Å². The minimum atomic E-state index is 0.337. The second kappa shape index (κ2) is 2.66. The van der Waals surface area contributed by atoms with Crippen LogP contribution in [0.1, 0.15) is 0 Å². The van der Waals surface area contributed by atoms with Crippen molar-refractivity contribution < 1.29 is 0 Å². The van der Waals surface area contributed by atoms with Crippen molar-refractivity contribution in [3.63, 3.8) is 0 Å². The molecule has 0 amide bonds. The first kappa shape index (κ1) is 7.40. The normalized spacial score (nSPS) is 10.0. The van der Waals surface area contributed by atoms with Crippen LogP contribution in [-0.4, -0.2) is 9.59 Å². The number of aromatic nitrogens is 2. The first-order chi connectivity index (χ1) is 5.83. The van der Waals surface area contributed by atoms with Crippen LogP contribution in [-0.2, 0) is 0 Å². The van der Waals surface area contributed by atoms with E-state index >= 15 is 0 Å². The number of diazo groups is 1. The van der Waals surface area contributed by atoms with Crippen molar-refractivity contribution >= 4 is 39.0 Å². The van der Waals surface area contributed by atoms with E-state index in [9.17, 15) is 0 Å². The van der Waals surface area contributed by atoms with Crippen molar-refractivity contribution in [2.75, 3.05) is 0 Å². The molecule has 4 nitrogen and oxygen atoms in total. The molecule has 1 heterocycles. The minimum absolute atomic E-state index is 0.337. The van der Waals surface area contributed by atoms with Crippen LogP contribution >= 0.6 is 23.1 Å². The van der Waals surface area contributed by atoms with E-state index in [1.54, 1.807) is 12.1 Å². The van der Waals surface area contributed by atoms with Gasteiger partial charge in [-0.3, -0.25) is 0 Å². The van der Waals surface area contributed by atoms with Gasteiger partial charge in [-0.1, -0.05) is 16.1 Å². The second-order valence-corrected chi connectivity index (χ2v) is 3.28. The van der Waals surface area contributed by atoms with E-state index in [4.69, 9.17) is 17.0 Å². The fourth-order valence-electron chi connectivity index (χ4n) is 0.904. The number of hydrogen-bond acceptors (Lipinski definition) is 4. The second-order valence-electron chi connectivity index (χ2n) is 2.12. The molecule has 0 saturated heterocycles. The lowest BCUT2D eigenvalue weighted by Crippen LogP contribution is -1.69. The fraction of sp³-hybridized carbons (Fsp3) is 0. The van der Waals surface area contributed by atoms with Gasteiger partial charge in [0.15, 0.2) is 9.68 Å². The lowest BCUT2D eigenvalue weighted by molar-refractivity contribution is 1.20. The quantitative estimate of drug-likeness (QED) is 0.611. The molecule has 0 aliphatic heterocycles. The van der Waals surface area contributed by atoms with Gasteiger partial charge in [0.05, 0.1) is 0 Å². The first-order valence-corrected chi connectivity index (χ1v) is 4.23. The van der Waals surface area contributed by atoms with Gasteiger partial charge < -0.3 is 0 Å². The predicted octanol–water partition coefficient (Wildman–Crippen LogP) is 2.83. The Labute approximate surface area is 76.6 Å². The van der Waals surface area contributed by atoms with Crippen LogP contribution in [0.25, 0.3) is 15.2 Å². The van der Waals surface area contributed by atoms with Gasteiger partial charge in [0, 0.05) is 0 Å². The number of hydrogen-bond donors (Lipinski definition) is 0. The van der Waals surface area contributed by atoms with Gasteiger partial charge in [-0.15, -0.1) is 5.10 Å². The molecule has 12 heavy (non-hydrogen) atoms. The zero-order valence-electron chi connectivity index (χ0n) is 5.73. The fourth-order valence-corrected chi connectivity index (χ4v) is 1.81. The molecule has 0 N–H and O–H groups in total. The lowest BCUT2D eigenvalue weighted by Gasteiger charge is -1.82. The Morgan fingerprint density at radius 2 is 2.33 bits per heavy atom. The molecule has 0 radical (unpaired) electrons. The molecule has 0 fully saturated rings. The van der Waals surface area contributed by atoms with E-state index in [0.29, 0.717) is 20.9 Å². The standard InChI is InChI=1S/C6H2ClN4S/c7-3-1-2-4-6(5(3)9-8)12-11-10-4/h1-2H/q+1. The molecule has 0 aliphatic rings. The monoisotopic (exact) mass is 197 g/mol. The maximum Gasteiger partial charge on any atom is 0.424 e. The summed E-state index contributed by atoms with van der Waals surface area (Å²) in [4.78, 5) is 3.07. The van der Waals surface area contributed by atoms with Crippen LogP contribution in [0.15, 0.2) is 12.1 Å². The molecule has 1 aromatic heterocycles. The number of rotatable bonds is 0. The van der Waals surface area contributed by atoms with Crippen molar-refractivity contribution in [2.24, 2.45) is 0 Å². The maximum absolute atomic E-state index is 8.63. The third-order valence-electron chi connectivity index (χ3n) is 1.44. The molecule has 6 heteroatoms. The average Bonchev–Trinajstić information content (AvgIpc) is 2.52. The van der Waals surface area contributed by atoms with E-state index in [1.807, 2.05) is 0 Å². The smallest absolute Gasteiger partial charge is 0.138 e. The topological polar surface area (TPSA) is 53.9 Å². The molecule has 1 aromatic carbocycles. The molecule has 2 rings (SSSR count). The Hall–Kier alpha value is -1.25. The summed E-state index contributed by atoms with van der Waals surface area (Å²) in [7, 11) is 0. The highest BCUT2D eigenvalue weighted by molar-refractivity contribution is 7.13. The van der Waals surface area contributed by atoms with Crippen molar-refractivity contribution in [3.05, 3.63) is 22.1 Å². The summed E-state index contributed by atoms with van der Waals surface area (Å²) in [6, 6.07) is 3.36. The molecular weight excluding hydrogens is 196 g/mol. The van der Waals surface area contributed by atoms with Crippen molar-refractivity contribution in [1.29, 1.82) is 5.39 Å². The zero-order valence-corrected chi connectivity index (χ0v) is 7.30. The van der Waals surface area contributed by atoms with Crippen LogP contribution in [0.2, 0.25) is 5.02 Å². The summed E-state index contributed by atoms with van der Waals surface area (Å²) in [6.07, 6.45) is 0. The zero-order chi connectivity index (χ0) is 8.55. The molecule has 0 bridgehead atoms. The van der Waals surface area contributed by atoms with E-state index < -0.39 is 0 Å². The minimum Gasteiger partial charge on any atom is -0.138 e.